The lowest BCUT2D eigenvalue weighted by atomic mass is 10.2. The molecule has 2 aromatic rings. The van der Waals surface area contributed by atoms with Crippen LogP contribution in [0, 0.1) is 0 Å². The van der Waals surface area contributed by atoms with Crippen molar-refractivity contribution in [3.8, 4) is 0 Å². The zero-order valence-corrected chi connectivity index (χ0v) is 15.9. The Labute approximate surface area is 155 Å². The summed E-state index contributed by atoms with van der Waals surface area (Å²) in [5.41, 5.74) is 2.00. The van der Waals surface area contributed by atoms with Crippen molar-refractivity contribution in [1.82, 2.24) is 10.2 Å². The molecule has 1 aliphatic rings. The number of piperazine rings is 1. The first-order valence-corrected chi connectivity index (χ1v) is 10.9. The minimum absolute atomic E-state index is 0.300. The van der Waals surface area contributed by atoms with Crippen LogP contribution in [0.2, 0.25) is 0 Å². The molecule has 0 aliphatic carbocycles. The van der Waals surface area contributed by atoms with Crippen molar-refractivity contribution in [3.63, 3.8) is 0 Å². The maximum atomic E-state index is 13.3. The Morgan fingerprint density at radius 3 is 1.85 bits per heavy atom. The van der Waals surface area contributed by atoms with E-state index < -0.39 is 7.60 Å². The van der Waals surface area contributed by atoms with Crippen molar-refractivity contribution >= 4 is 7.60 Å². The molecule has 5 nitrogen and oxygen atoms in total. The van der Waals surface area contributed by atoms with Crippen LogP contribution < -0.4 is 5.32 Å². The summed E-state index contributed by atoms with van der Waals surface area (Å²) >= 11 is 0. The highest BCUT2D eigenvalue weighted by molar-refractivity contribution is 7.53. The van der Waals surface area contributed by atoms with Gasteiger partial charge in [0.15, 0.2) is 0 Å². The third-order valence-electron chi connectivity index (χ3n) is 4.44. The first kappa shape index (κ1) is 19.3. The molecular formula is C20H27N2O3P. The monoisotopic (exact) mass is 374 g/mol. The first-order chi connectivity index (χ1) is 12.7. The van der Waals surface area contributed by atoms with Gasteiger partial charge in [-0.3, -0.25) is 4.57 Å². The first-order valence-electron chi connectivity index (χ1n) is 9.13. The fourth-order valence-electron chi connectivity index (χ4n) is 2.86. The Balaban J connectivity index is 1.59. The van der Waals surface area contributed by atoms with Crippen molar-refractivity contribution in [2.24, 2.45) is 0 Å². The van der Waals surface area contributed by atoms with Crippen molar-refractivity contribution < 1.29 is 13.6 Å². The van der Waals surface area contributed by atoms with E-state index in [9.17, 15) is 4.57 Å². The van der Waals surface area contributed by atoms with Crippen molar-refractivity contribution in [2.75, 3.05) is 38.9 Å². The molecule has 2 aromatic carbocycles. The number of nitrogens with one attached hydrogen (secondary N) is 1. The van der Waals surface area contributed by atoms with Crippen molar-refractivity contribution in [2.45, 2.75) is 13.2 Å². The fourth-order valence-corrected chi connectivity index (χ4v) is 4.41. The van der Waals surface area contributed by atoms with Crippen LogP contribution in [0.1, 0.15) is 11.1 Å². The Hall–Kier alpha value is -1.49. The molecule has 1 fully saturated rings. The van der Waals surface area contributed by atoms with E-state index in [-0.39, 0.29) is 0 Å². The highest BCUT2D eigenvalue weighted by Crippen LogP contribution is 2.49. The molecule has 0 aromatic heterocycles. The number of benzene rings is 2. The lowest BCUT2D eigenvalue weighted by Gasteiger charge is -2.28. The second-order valence-electron chi connectivity index (χ2n) is 6.44. The molecule has 0 saturated carbocycles. The van der Waals surface area contributed by atoms with Crippen LogP contribution in [0.15, 0.2) is 60.7 Å². The topological polar surface area (TPSA) is 50.8 Å². The largest absolute Gasteiger partial charge is 0.332 e. The standard InChI is InChI=1S/C20H27N2O3P/c23-26(16-15-22-13-11-21-12-14-22,24-17-19-7-3-1-4-8-19)25-18-20-9-5-2-6-10-20/h1-10,21H,11-18H2. The molecule has 0 bridgehead atoms. The van der Waals surface area contributed by atoms with Crippen LogP contribution in [-0.2, 0) is 26.8 Å². The van der Waals surface area contributed by atoms with Crippen LogP contribution in [0.25, 0.3) is 0 Å². The van der Waals surface area contributed by atoms with Crippen molar-refractivity contribution in [3.05, 3.63) is 71.8 Å². The molecule has 1 saturated heterocycles. The third-order valence-corrected chi connectivity index (χ3v) is 6.23. The van der Waals surface area contributed by atoms with Crippen LogP contribution in [-0.4, -0.2) is 43.8 Å². The molecule has 0 amide bonds. The van der Waals surface area contributed by atoms with E-state index >= 15 is 0 Å². The van der Waals surface area contributed by atoms with Gasteiger partial charge in [-0.15, -0.1) is 0 Å². The Morgan fingerprint density at radius 2 is 1.35 bits per heavy atom. The number of nitrogens with zero attached hydrogens (tertiary/aromatic N) is 1. The average molecular weight is 374 g/mol. The molecule has 0 atom stereocenters. The molecule has 3 rings (SSSR count). The summed E-state index contributed by atoms with van der Waals surface area (Å²) in [6.45, 7) is 5.21. The molecule has 26 heavy (non-hydrogen) atoms. The molecular weight excluding hydrogens is 347 g/mol. The number of rotatable bonds is 9. The van der Waals surface area contributed by atoms with E-state index in [2.05, 4.69) is 10.2 Å². The van der Waals surface area contributed by atoms with Gasteiger partial charge < -0.3 is 19.3 Å². The second-order valence-corrected chi connectivity index (χ2v) is 8.63. The Kier molecular flexibility index (Phi) is 7.42. The summed E-state index contributed by atoms with van der Waals surface area (Å²) in [7, 11) is -3.18. The highest BCUT2D eigenvalue weighted by atomic mass is 31.2. The molecule has 1 N–H and O–H groups in total. The van der Waals surface area contributed by atoms with Crippen LogP contribution in [0.4, 0.5) is 0 Å². The van der Waals surface area contributed by atoms with Gasteiger partial charge in [-0.05, 0) is 11.1 Å². The van der Waals surface area contributed by atoms with Gasteiger partial charge in [0.2, 0.25) is 0 Å². The summed E-state index contributed by atoms with van der Waals surface area (Å²) in [4.78, 5) is 2.31. The maximum Gasteiger partial charge on any atom is 0.332 e. The van der Waals surface area contributed by atoms with Gasteiger partial charge in [-0.25, -0.2) is 0 Å². The Bertz CT molecular complexity index is 643. The molecule has 0 unspecified atom stereocenters. The lowest BCUT2D eigenvalue weighted by Crippen LogP contribution is -2.44. The van der Waals surface area contributed by atoms with Crippen LogP contribution in [0.3, 0.4) is 0 Å². The van der Waals surface area contributed by atoms with E-state index in [0.717, 1.165) is 43.9 Å². The average Bonchev–Trinajstić information content (AvgIpc) is 2.72. The van der Waals surface area contributed by atoms with E-state index in [0.29, 0.717) is 19.4 Å². The normalized spacial score (nSPS) is 15.8. The zero-order chi connectivity index (χ0) is 18.1. The predicted molar refractivity (Wildman–Crippen MR) is 104 cm³/mol. The Morgan fingerprint density at radius 1 is 0.846 bits per heavy atom. The minimum atomic E-state index is -3.18. The maximum absolute atomic E-state index is 13.3. The molecule has 1 heterocycles. The van der Waals surface area contributed by atoms with Gasteiger partial charge in [0.05, 0.1) is 19.4 Å². The summed E-state index contributed by atoms with van der Waals surface area (Å²) < 4.78 is 25.0. The van der Waals surface area contributed by atoms with Gasteiger partial charge in [0.25, 0.3) is 0 Å². The van der Waals surface area contributed by atoms with E-state index in [1.54, 1.807) is 0 Å². The molecule has 0 radical (unpaired) electrons. The third kappa shape index (κ3) is 6.35. The van der Waals surface area contributed by atoms with Gasteiger partial charge in [0, 0.05) is 32.7 Å². The summed E-state index contributed by atoms with van der Waals surface area (Å²) in [5, 5.41) is 3.33. The van der Waals surface area contributed by atoms with Crippen LogP contribution in [0.5, 0.6) is 0 Å². The number of hydrogen-bond donors (Lipinski definition) is 1. The van der Waals surface area contributed by atoms with E-state index in [4.69, 9.17) is 9.05 Å². The quantitative estimate of drug-likeness (QED) is 0.681. The molecule has 6 heteroatoms. The van der Waals surface area contributed by atoms with E-state index in [1.807, 2.05) is 60.7 Å². The van der Waals surface area contributed by atoms with Gasteiger partial charge in [-0.1, -0.05) is 60.7 Å². The summed E-state index contributed by atoms with van der Waals surface area (Å²) in [6.07, 6.45) is 0.409. The number of hydrogen-bond acceptors (Lipinski definition) is 5. The second kappa shape index (κ2) is 10.0. The molecule has 0 spiro atoms. The van der Waals surface area contributed by atoms with Gasteiger partial charge in [0.1, 0.15) is 0 Å². The smallest absolute Gasteiger partial charge is 0.314 e. The van der Waals surface area contributed by atoms with Crippen LogP contribution >= 0.6 is 7.60 Å². The molecule has 140 valence electrons. The minimum Gasteiger partial charge on any atom is -0.314 e. The SMILES string of the molecule is O=P(CCN1CCNCC1)(OCc1ccccc1)OCc1ccccc1. The van der Waals surface area contributed by atoms with E-state index in [1.165, 1.54) is 0 Å². The van der Waals surface area contributed by atoms with Gasteiger partial charge >= 0.3 is 7.60 Å². The van der Waals surface area contributed by atoms with Gasteiger partial charge in [-0.2, -0.15) is 0 Å². The summed E-state index contributed by atoms with van der Waals surface area (Å²) in [6, 6.07) is 19.6. The summed E-state index contributed by atoms with van der Waals surface area (Å²) in [5.74, 6) is 0. The zero-order valence-electron chi connectivity index (χ0n) is 15.0. The fraction of sp³-hybridized carbons (Fsp3) is 0.400. The highest BCUT2D eigenvalue weighted by Gasteiger charge is 2.26. The molecule has 1 aliphatic heterocycles. The lowest BCUT2D eigenvalue weighted by molar-refractivity contribution is 0.183. The predicted octanol–water partition coefficient (Wildman–Crippen LogP) is 3.52. The van der Waals surface area contributed by atoms with Crippen molar-refractivity contribution in [1.29, 1.82) is 0 Å².